The third-order valence-corrected chi connectivity index (χ3v) is 3.49. The lowest BCUT2D eigenvalue weighted by Gasteiger charge is -2.19. The summed E-state index contributed by atoms with van der Waals surface area (Å²) in [5.74, 6) is 1.01. The van der Waals surface area contributed by atoms with Crippen molar-refractivity contribution in [1.82, 2.24) is 10.3 Å². The maximum absolute atomic E-state index is 6.19. The van der Waals surface area contributed by atoms with Crippen molar-refractivity contribution in [2.75, 3.05) is 25.0 Å². The van der Waals surface area contributed by atoms with E-state index in [-0.39, 0.29) is 0 Å². The molecule has 0 aliphatic heterocycles. The summed E-state index contributed by atoms with van der Waals surface area (Å²) in [5.41, 5.74) is 1.13. The fraction of sp³-hybridized carbons (Fsp3) is 0.667. The van der Waals surface area contributed by atoms with Gasteiger partial charge in [0.2, 0.25) is 0 Å². The Labute approximate surface area is 122 Å². The molecule has 0 radical (unpaired) electrons. The Bertz CT molecular complexity index is 368. The smallest absolute Gasteiger partial charge is 0.128 e. The zero-order valence-corrected chi connectivity index (χ0v) is 13.1. The number of hydrogen-bond donors (Lipinski definition) is 1. The highest BCUT2D eigenvalue weighted by molar-refractivity contribution is 6.31. The van der Waals surface area contributed by atoms with E-state index in [2.05, 4.69) is 42.2 Å². The lowest BCUT2D eigenvalue weighted by atomic mass is 10.2. The van der Waals surface area contributed by atoms with E-state index in [4.69, 9.17) is 11.6 Å². The molecule has 19 heavy (non-hydrogen) atoms. The van der Waals surface area contributed by atoms with E-state index in [1.165, 1.54) is 19.3 Å². The lowest BCUT2D eigenvalue weighted by Crippen LogP contribution is -2.20. The first-order valence-corrected chi connectivity index (χ1v) is 7.63. The van der Waals surface area contributed by atoms with Gasteiger partial charge in [0, 0.05) is 26.3 Å². The quantitative estimate of drug-likeness (QED) is 0.698. The van der Waals surface area contributed by atoms with Crippen molar-refractivity contribution in [3.8, 4) is 0 Å². The molecule has 0 amide bonds. The molecule has 0 saturated heterocycles. The van der Waals surface area contributed by atoms with Gasteiger partial charge in [-0.25, -0.2) is 4.98 Å². The predicted octanol–water partition coefficient (Wildman–Crippen LogP) is 3.86. The van der Waals surface area contributed by atoms with Crippen LogP contribution in [0.2, 0.25) is 5.02 Å². The van der Waals surface area contributed by atoms with Crippen LogP contribution in [0, 0.1) is 0 Å². The van der Waals surface area contributed by atoms with Crippen molar-refractivity contribution in [2.45, 2.75) is 46.1 Å². The minimum Gasteiger partial charge on any atom is -0.360 e. The summed E-state index contributed by atoms with van der Waals surface area (Å²) in [4.78, 5) is 6.62. The van der Waals surface area contributed by atoms with Crippen LogP contribution in [0.25, 0.3) is 0 Å². The summed E-state index contributed by atoms with van der Waals surface area (Å²) in [6, 6.07) is 2.09. The van der Waals surface area contributed by atoms with Crippen LogP contribution in [0.3, 0.4) is 0 Å². The second kappa shape index (κ2) is 9.16. The van der Waals surface area contributed by atoms with E-state index >= 15 is 0 Å². The van der Waals surface area contributed by atoms with Crippen molar-refractivity contribution < 1.29 is 0 Å². The molecule has 1 rings (SSSR count). The summed E-state index contributed by atoms with van der Waals surface area (Å²) in [7, 11) is 2.09. The van der Waals surface area contributed by atoms with Gasteiger partial charge < -0.3 is 10.2 Å². The van der Waals surface area contributed by atoms with Crippen molar-refractivity contribution in [3.63, 3.8) is 0 Å². The van der Waals surface area contributed by atoms with E-state index in [0.29, 0.717) is 0 Å². The molecule has 0 aromatic carbocycles. The van der Waals surface area contributed by atoms with Gasteiger partial charge in [-0.3, -0.25) is 0 Å². The van der Waals surface area contributed by atoms with Crippen molar-refractivity contribution in [2.24, 2.45) is 0 Å². The minimum atomic E-state index is 0.745. The first-order valence-electron chi connectivity index (χ1n) is 7.25. The van der Waals surface area contributed by atoms with Crippen LogP contribution < -0.4 is 10.2 Å². The number of unbranched alkanes of at least 4 members (excludes halogenated alkanes) is 2. The molecule has 0 fully saturated rings. The Kier molecular flexibility index (Phi) is 7.84. The van der Waals surface area contributed by atoms with E-state index < -0.39 is 0 Å². The van der Waals surface area contributed by atoms with Crippen LogP contribution in [0.1, 0.15) is 45.1 Å². The standard InChI is InChI=1S/C15H26ClN3/c1-4-6-7-9-19(3)15-10-13(11-17-8-5-2)14(16)12-18-15/h10,12,17H,4-9,11H2,1-3H3. The molecular weight excluding hydrogens is 258 g/mol. The average Bonchev–Trinajstić information content (AvgIpc) is 2.41. The number of nitrogens with one attached hydrogen (secondary N) is 1. The lowest BCUT2D eigenvalue weighted by molar-refractivity contribution is 0.673. The van der Waals surface area contributed by atoms with Crippen molar-refractivity contribution in [1.29, 1.82) is 0 Å². The zero-order valence-electron chi connectivity index (χ0n) is 12.4. The Morgan fingerprint density at radius 2 is 2.05 bits per heavy atom. The molecule has 1 N–H and O–H groups in total. The van der Waals surface area contributed by atoms with Crippen molar-refractivity contribution >= 4 is 17.4 Å². The molecule has 0 atom stereocenters. The number of pyridine rings is 1. The van der Waals surface area contributed by atoms with Gasteiger partial charge >= 0.3 is 0 Å². The number of halogens is 1. The number of rotatable bonds is 9. The number of aromatic nitrogens is 1. The first-order chi connectivity index (χ1) is 9.19. The van der Waals surface area contributed by atoms with E-state index in [0.717, 1.165) is 42.5 Å². The highest BCUT2D eigenvalue weighted by Gasteiger charge is 2.06. The van der Waals surface area contributed by atoms with Crippen molar-refractivity contribution in [3.05, 3.63) is 22.8 Å². The molecule has 0 bridgehead atoms. The van der Waals surface area contributed by atoms with E-state index in [9.17, 15) is 0 Å². The van der Waals surface area contributed by atoms with E-state index in [1.807, 2.05) is 0 Å². The van der Waals surface area contributed by atoms with Gasteiger partial charge in [0.1, 0.15) is 5.82 Å². The Hall–Kier alpha value is -0.800. The maximum atomic E-state index is 6.19. The van der Waals surface area contributed by atoms with Crippen LogP contribution in [0.4, 0.5) is 5.82 Å². The number of nitrogens with zero attached hydrogens (tertiary/aromatic N) is 2. The Balaban J connectivity index is 2.60. The van der Waals surface area contributed by atoms with E-state index in [1.54, 1.807) is 6.20 Å². The Morgan fingerprint density at radius 1 is 1.26 bits per heavy atom. The number of anilines is 1. The molecule has 3 nitrogen and oxygen atoms in total. The molecule has 0 aliphatic carbocycles. The van der Waals surface area contributed by atoms with Gasteiger partial charge in [-0.05, 0) is 31.0 Å². The van der Waals surface area contributed by atoms with Gasteiger partial charge in [0.25, 0.3) is 0 Å². The molecule has 1 heterocycles. The first kappa shape index (κ1) is 16.3. The highest BCUT2D eigenvalue weighted by atomic mass is 35.5. The van der Waals surface area contributed by atoms with Gasteiger partial charge in [0.05, 0.1) is 5.02 Å². The van der Waals surface area contributed by atoms with Gasteiger partial charge in [-0.15, -0.1) is 0 Å². The molecule has 0 spiro atoms. The van der Waals surface area contributed by atoms with Crippen LogP contribution >= 0.6 is 11.6 Å². The Morgan fingerprint density at radius 3 is 2.74 bits per heavy atom. The molecule has 0 unspecified atom stereocenters. The number of hydrogen-bond acceptors (Lipinski definition) is 3. The fourth-order valence-corrected chi connectivity index (χ4v) is 2.10. The molecule has 0 aliphatic rings. The monoisotopic (exact) mass is 283 g/mol. The van der Waals surface area contributed by atoms with Crippen LogP contribution in [0.5, 0.6) is 0 Å². The summed E-state index contributed by atoms with van der Waals surface area (Å²) >= 11 is 6.19. The topological polar surface area (TPSA) is 28.2 Å². The van der Waals surface area contributed by atoms with Crippen LogP contribution in [0.15, 0.2) is 12.3 Å². The fourth-order valence-electron chi connectivity index (χ4n) is 1.93. The third kappa shape index (κ3) is 5.79. The minimum absolute atomic E-state index is 0.745. The SMILES string of the molecule is CCCCCN(C)c1cc(CNCCC)c(Cl)cn1. The average molecular weight is 284 g/mol. The summed E-state index contributed by atoms with van der Waals surface area (Å²) in [5, 5.41) is 4.12. The molecule has 0 saturated carbocycles. The molecular formula is C15H26ClN3. The zero-order chi connectivity index (χ0) is 14.1. The molecule has 1 aromatic rings. The molecule has 108 valence electrons. The third-order valence-electron chi connectivity index (χ3n) is 3.15. The second-order valence-electron chi connectivity index (χ2n) is 4.94. The molecule has 1 aromatic heterocycles. The maximum Gasteiger partial charge on any atom is 0.128 e. The van der Waals surface area contributed by atoms with Gasteiger partial charge in [-0.1, -0.05) is 38.3 Å². The summed E-state index contributed by atoms with van der Waals surface area (Å²) in [6.07, 6.45) is 6.61. The van der Waals surface area contributed by atoms with Crippen LogP contribution in [-0.2, 0) is 6.54 Å². The largest absolute Gasteiger partial charge is 0.360 e. The summed E-state index contributed by atoms with van der Waals surface area (Å²) in [6.45, 7) is 7.25. The normalized spacial score (nSPS) is 10.7. The predicted molar refractivity (Wildman–Crippen MR) is 84.0 cm³/mol. The molecule has 4 heteroatoms. The summed E-state index contributed by atoms with van der Waals surface area (Å²) < 4.78 is 0. The second-order valence-corrected chi connectivity index (χ2v) is 5.35. The highest BCUT2D eigenvalue weighted by Crippen LogP contribution is 2.20. The van der Waals surface area contributed by atoms with Crippen LogP contribution in [-0.4, -0.2) is 25.1 Å². The van der Waals surface area contributed by atoms with Gasteiger partial charge in [0.15, 0.2) is 0 Å². The van der Waals surface area contributed by atoms with Gasteiger partial charge in [-0.2, -0.15) is 0 Å².